The number of hydrogen-bond donors (Lipinski definition) is 0. The van der Waals surface area contributed by atoms with E-state index < -0.39 is 5.82 Å². The van der Waals surface area contributed by atoms with Gasteiger partial charge in [-0.3, -0.25) is 0 Å². The van der Waals surface area contributed by atoms with Crippen LogP contribution in [-0.4, -0.2) is 24.1 Å². The summed E-state index contributed by atoms with van der Waals surface area (Å²) >= 11 is 1.93. The number of anilines is 1. The SMILES string of the molecule is CC1CSCCN1c1ccc(C#N)c(F)c1. The number of nitriles is 1. The molecule has 1 aliphatic heterocycles. The normalized spacial score (nSPS) is 20.6. The third-order valence-electron chi connectivity index (χ3n) is 2.77. The number of thioether (sulfide) groups is 1. The maximum Gasteiger partial charge on any atom is 0.143 e. The van der Waals surface area contributed by atoms with E-state index in [-0.39, 0.29) is 5.56 Å². The maximum absolute atomic E-state index is 13.5. The topological polar surface area (TPSA) is 27.0 Å². The zero-order chi connectivity index (χ0) is 11.5. The first-order chi connectivity index (χ1) is 7.72. The third-order valence-corrected chi connectivity index (χ3v) is 3.96. The maximum atomic E-state index is 13.5. The molecule has 0 aliphatic carbocycles. The molecule has 0 amide bonds. The highest BCUT2D eigenvalue weighted by Crippen LogP contribution is 2.25. The number of nitrogens with zero attached hydrogens (tertiary/aromatic N) is 2. The smallest absolute Gasteiger partial charge is 0.143 e. The van der Waals surface area contributed by atoms with Crippen LogP contribution in [0.15, 0.2) is 18.2 Å². The molecule has 1 fully saturated rings. The fraction of sp³-hybridized carbons (Fsp3) is 0.417. The van der Waals surface area contributed by atoms with E-state index >= 15 is 0 Å². The second-order valence-corrected chi connectivity index (χ2v) is 5.04. The molecule has 0 aromatic heterocycles. The third kappa shape index (κ3) is 2.14. The lowest BCUT2D eigenvalue weighted by Crippen LogP contribution is -2.40. The van der Waals surface area contributed by atoms with E-state index in [9.17, 15) is 4.39 Å². The quantitative estimate of drug-likeness (QED) is 0.750. The summed E-state index contributed by atoms with van der Waals surface area (Å²) in [7, 11) is 0. The molecule has 1 atom stereocenters. The Morgan fingerprint density at radius 2 is 2.38 bits per heavy atom. The Morgan fingerprint density at radius 1 is 1.56 bits per heavy atom. The zero-order valence-electron chi connectivity index (χ0n) is 9.11. The van der Waals surface area contributed by atoms with Crippen molar-refractivity contribution in [1.82, 2.24) is 0 Å². The molecule has 0 bridgehead atoms. The molecule has 0 saturated carbocycles. The average Bonchev–Trinajstić information content (AvgIpc) is 2.29. The lowest BCUT2D eigenvalue weighted by molar-refractivity contribution is 0.620. The minimum Gasteiger partial charge on any atom is -0.367 e. The number of rotatable bonds is 1. The van der Waals surface area contributed by atoms with Gasteiger partial charge in [-0.05, 0) is 25.1 Å². The summed E-state index contributed by atoms with van der Waals surface area (Å²) in [6, 6.07) is 7.11. The summed E-state index contributed by atoms with van der Waals surface area (Å²) in [6.45, 7) is 3.08. The predicted octanol–water partition coefficient (Wildman–Crippen LogP) is 2.64. The molecule has 1 heterocycles. The van der Waals surface area contributed by atoms with Crippen LogP contribution in [0.1, 0.15) is 12.5 Å². The molecule has 4 heteroatoms. The molecule has 84 valence electrons. The first-order valence-electron chi connectivity index (χ1n) is 5.26. The summed E-state index contributed by atoms with van der Waals surface area (Å²) in [5.41, 5.74) is 0.993. The van der Waals surface area contributed by atoms with Crippen LogP contribution in [0, 0.1) is 17.1 Å². The number of benzene rings is 1. The van der Waals surface area contributed by atoms with Crippen molar-refractivity contribution in [1.29, 1.82) is 5.26 Å². The van der Waals surface area contributed by atoms with Crippen molar-refractivity contribution in [2.75, 3.05) is 23.0 Å². The molecule has 0 spiro atoms. The van der Waals surface area contributed by atoms with Gasteiger partial charge in [0.05, 0.1) is 5.56 Å². The van der Waals surface area contributed by atoms with Crippen molar-refractivity contribution in [2.24, 2.45) is 0 Å². The van der Waals surface area contributed by atoms with E-state index in [1.165, 1.54) is 6.07 Å². The van der Waals surface area contributed by atoms with Gasteiger partial charge in [0.2, 0.25) is 0 Å². The molecule has 16 heavy (non-hydrogen) atoms. The highest BCUT2D eigenvalue weighted by atomic mass is 32.2. The van der Waals surface area contributed by atoms with Crippen molar-refractivity contribution in [2.45, 2.75) is 13.0 Å². The average molecular weight is 236 g/mol. The van der Waals surface area contributed by atoms with Gasteiger partial charge in [0.1, 0.15) is 11.9 Å². The summed E-state index contributed by atoms with van der Waals surface area (Å²) in [5, 5.41) is 8.66. The molecule has 1 aromatic carbocycles. The molecule has 2 rings (SSSR count). The standard InChI is InChI=1S/C12H13FN2S/c1-9-8-16-5-4-15(9)11-3-2-10(7-14)12(13)6-11/h2-3,6,9H,4-5,8H2,1H3. The molecular weight excluding hydrogens is 223 g/mol. The molecule has 0 radical (unpaired) electrons. The van der Waals surface area contributed by atoms with E-state index in [4.69, 9.17) is 5.26 Å². The molecular formula is C12H13FN2S. The minimum atomic E-state index is -0.426. The van der Waals surface area contributed by atoms with E-state index in [1.54, 1.807) is 6.07 Å². The van der Waals surface area contributed by atoms with Gasteiger partial charge in [0.25, 0.3) is 0 Å². The van der Waals surface area contributed by atoms with Gasteiger partial charge in [-0.25, -0.2) is 4.39 Å². The lowest BCUT2D eigenvalue weighted by Gasteiger charge is -2.35. The molecule has 0 N–H and O–H groups in total. The van der Waals surface area contributed by atoms with E-state index in [0.29, 0.717) is 6.04 Å². The fourth-order valence-electron chi connectivity index (χ4n) is 1.88. The van der Waals surface area contributed by atoms with Crippen LogP contribution in [0.4, 0.5) is 10.1 Å². The number of halogens is 1. The van der Waals surface area contributed by atoms with Gasteiger partial charge in [-0.15, -0.1) is 0 Å². The van der Waals surface area contributed by atoms with Crippen molar-refractivity contribution < 1.29 is 4.39 Å². The predicted molar refractivity (Wildman–Crippen MR) is 65.2 cm³/mol. The Bertz CT molecular complexity index is 428. The van der Waals surface area contributed by atoms with Crippen molar-refractivity contribution in [3.8, 4) is 6.07 Å². The molecule has 1 unspecified atom stereocenters. The second kappa shape index (κ2) is 4.75. The van der Waals surface area contributed by atoms with Gasteiger partial charge in [0.15, 0.2) is 0 Å². The first kappa shape index (κ1) is 11.3. The Balaban J connectivity index is 2.27. The summed E-state index contributed by atoms with van der Waals surface area (Å²) < 4.78 is 13.5. The van der Waals surface area contributed by atoms with Crippen LogP contribution < -0.4 is 4.90 Å². The van der Waals surface area contributed by atoms with E-state index in [2.05, 4.69) is 11.8 Å². The van der Waals surface area contributed by atoms with E-state index in [1.807, 2.05) is 23.9 Å². The molecule has 2 nitrogen and oxygen atoms in total. The first-order valence-corrected chi connectivity index (χ1v) is 6.42. The van der Waals surface area contributed by atoms with Gasteiger partial charge < -0.3 is 4.90 Å². The molecule has 1 aromatic rings. The Morgan fingerprint density at radius 3 is 3.00 bits per heavy atom. The van der Waals surface area contributed by atoms with Crippen LogP contribution in [0.2, 0.25) is 0 Å². The Hall–Kier alpha value is -1.21. The van der Waals surface area contributed by atoms with Gasteiger partial charge in [-0.2, -0.15) is 17.0 Å². The summed E-state index contributed by atoms with van der Waals surface area (Å²) in [5.74, 6) is 1.72. The van der Waals surface area contributed by atoms with Crippen LogP contribution >= 0.6 is 11.8 Å². The highest BCUT2D eigenvalue weighted by Gasteiger charge is 2.19. The number of hydrogen-bond acceptors (Lipinski definition) is 3. The largest absolute Gasteiger partial charge is 0.367 e. The van der Waals surface area contributed by atoms with Crippen LogP contribution in [0.5, 0.6) is 0 Å². The van der Waals surface area contributed by atoms with Crippen molar-refractivity contribution in [3.63, 3.8) is 0 Å². The lowest BCUT2D eigenvalue weighted by atomic mass is 10.1. The zero-order valence-corrected chi connectivity index (χ0v) is 9.93. The summed E-state index contributed by atoms with van der Waals surface area (Å²) in [4.78, 5) is 2.20. The Labute approximate surface area is 99.1 Å². The summed E-state index contributed by atoms with van der Waals surface area (Å²) in [6.07, 6.45) is 0. The molecule has 1 saturated heterocycles. The molecule has 1 aliphatic rings. The second-order valence-electron chi connectivity index (χ2n) is 3.89. The van der Waals surface area contributed by atoms with Gasteiger partial charge in [0, 0.05) is 29.8 Å². The van der Waals surface area contributed by atoms with Crippen LogP contribution in [0.25, 0.3) is 0 Å². The fourth-order valence-corrected chi connectivity index (χ4v) is 2.90. The van der Waals surface area contributed by atoms with Crippen molar-refractivity contribution >= 4 is 17.4 Å². The van der Waals surface area contributed by atoms with Gasteiger partial charge >= 0.3 is 0 Å². The van der Waals surface area contributed by atoms with Gasteiger partial charge in [-0.1, -0.05) is 0 Å². The van der Waals surface area contributed by atoms with E-state index in [0.717, 1.165) is 23.7 Å². The minimum absolute atomic E-state index is 0.114. The Kier molecular flexibility index (Phi) is 3.35. The van der Waals surface area contributed by atoms with Crippen molar-refractivity contribution in [3.05, 3.63) is 29.6 Å². The van der Waals surface area contributed by atoms with Crippen LogP contribution in [-0.2, 0) is 0 Å². The van der Waals surface area contributed by atoms with Crippen LogP contribution in [0.3, 0.4) is 0 Å². The highest BCUT2D eigenvalue weighted by molar-refractivity contribution is 7.99. The monoisotopic (exact) mass is 236 g/mol.